The summed E-state index contributed by atoms with van der Waals surface area (Å²) in [6, 6.07) is 27.6. The molecule has 0 fully saturated rings. The van der Waals surface area contributed by atoms with Gasteiger partial charge in [0, 0.05) is 5.30 Å². The van der Waals surface area contributed by atoms with Crippen LogP contribution in [0.25, 0.3) is 0 Å². The summed E-state index contributed by atoms with van der Waals surface area (Å²) in [7, 11) is -0.847. The quantitative estimate of drug-likeness (QED) is 0.221. The predicted molar refractivity (Wildman–Crippen MR) is 177 cm³/mol. The van der Waals surface area contributed by atoms with E-state index < -0.39 is 16.0 Å². The van der Waals surface area contributed by atoms with Gasteiger partial charge in [-0.05, 0) is 56.1 Å². The van der Waals surface area contributed by atoms with Crippen molar-refractivity contribution in [2.45, 2.75) is 98.2 Å². The van der Waals surface area contributed by atoms with Crippen molar-refractivity contribution < 1.29 is 0 Å². The molecule has 0 saturated carbocycles. The molecule has 3 rings (SSSR count). The van der Waals surface area contributed by atoms with Crippen molar-refractivity contribution in [1.29, 1.82) is 0 Å². The second kappa shape index (κ2) is 10.9. The summed E-state index contributed by atoms with van der Waals surface area (Å²) in [5.41, 5.74) is 4.72. The monoisotopic (exact) mass is 546 g/mol. The zero-order chi connectivity index (χ0) is 27.8. The molecular weight excluding hydrogens is 498 g/mol. The molecule has 0 aliphatic rings. The highest BCUT2D eigenvalue weighted by Crippen LogP contribution is 2.44. The van der Waals surface area contributed by atoms with Crippen LogP contribution in [-0.4, -0.2) is 12.7 Å². The van der Waals surface area contributed by atoms with Gasteiger partial charge in [0.1, 0.15) is 0 Å². The minimum Gasteiger partial charge on any atom is -0.0677 e. The standard InChI is InChI=1S/C34H48P2Si/c1-32(2,3)25-23-28(33(4,5)6)30(29(24-25)34(7,8)9)35-31(37(10,11)12)36(26-19-15-13-16-20-26)27-21-17-14-18-22-27/h13-24H,1-12H3. The number of hydrogen-bond donors (Lipinski definition) is 0. The van der Waals surface area contributed by atoms with Crippen molar-refractivity contribution in [2.24, 2.45) is 0 Å². The smallest absolute Gasteiger partial charge is 0.0677 e. The fourth-order valence-electron chi connectivity index (χ4n) is 4.54. The third kappa shape index (κ3) is 7.32. The highest BCUT2D eigenvalue weighted by molar-refractivity contribution is 8.02. The van der Waals surface area contributed by atoms with Crippen molar-refractivity contribution in [1.82, 2.24) is 0 Å². The van der Waals surface area contributed by atoms with Gasteiger partial charge in [0.15, 0.2) is 0 Å². The molecule has 0 aliphatic carbocycles. The number of benzene rings is 3. The van der Waals surface area contributed by atoms with E-state index in [-0.39, 0.29) is 16.2 Å². The summed E-state index contributed by atoms with van der Waals surface area (Å²) in [6.07, 6.45) is 0. The van der Waals surface area contributed by atoms with Crippen LogP contribution < -0.4 is 15.9 Å². The zero-order valence-electron chi connectivity index (χ0n) is 25.3. The molecule has 0 atom stereocenters. The normalized spacial score (nSPS) is 13.8. The van der Waals surface area contributed by atoms with E-state index in [0.717, 1.165) is 0 Å². The van der Waals surface area contributed by atoms with Crippen molar-refractivity contribution in [3.05, 3.63) is 89.5 Å². The fourth-order valence-corrected chi connectivity index (χ4v) is 14.0. The van der Waals surface area contributed by atoms with Crippen LogP contribution in [-0.2, 0) is 16.2 Å². The molecule has 0 spiro atoms. The second-order valence-electron chi connectivity index (χ2n) is 14.4. The van der Waals surface area contributed by atoms with Gasteiger partial charge >= 0.3 is 0 Å². The van der Waals surface area contributed by atoms with Gasteiger partial charge in [-0.2, -0.15) is 0 Å². The van der Waals surface area contributed by atoms with Crippen LogP contribution in [0.15, 0.2) is 72.8 Å². The Bertz CT molecular complexity index is 1150. The second-order valence-corrected chi connectivity index (χ2v) is 23.8. The van der Waals surface area contributed by atoms with Crippen LogP contribution >= 0.6 is 16.1 Å². The lowest BCUT2D eigenvalue weighted by atomic mass is 9.75. The van der Waals surface area contributed by atoms with E-state index in [1.54, 1.807) is 9.96 Å². The molecule has 3 heteroatoms. The Morgan fingerprint density at radius 3 is 1.27 bits per heavy atom. The first kappa shape index (κ1) is 30.0. The van der Waals surface area contributed by atoms with Gasteiger partial charge in [0.2, 0.25) is 0 Å². The van der Waals surface area contributed by atoms with Crippen molar-refractivity contribution >= 4 is 44.8 Å². The molecule has 0 bridgehead atoms. The molecule has 37 heavy (non-hydrogen) atoms. The van der Waals surface area contributed by atoms with Crippen LogP contribution in [0.5, 0.6) is 0 Å². The maximum absolute atomic E-state index is 2.55. The lowest BCUT2D eigenvalue weighted by Gasteiger charge is -2.35. The summed E-state index contributed by atoms with van der Waals surface area (Å²) < 4.78 is 1.75. The van der Waals surface area contributed by atoms with E-state index in [0.29, 0.717) is 0 Å². The Labute approximate surface area is 231 Å². The van der Waals surface area contributed by atoms with Crippen LogP contribution in [0, 0.1) is 0 Å². The Morgan fingerprint density at radius 1 is 0.595 bits per heavy atom. The van der Waals surface area contributed by atoms with Gasteiger partial charge in [-0.3, -0.25) is 0 Å². The van der Waals surface area contributed by atoms with E-state index in [2.05, 4.69) is 155 Å². The van der Waals surface area contributed by atoms with Gasteiger partial charge < -0.3 is 0 Å². The fraction of sp³-hybridized carbons (Fsp3) is 0.441. The molecule has 3 aromatic carbocycles. The Morgan fingerprint density at radius 2 is 0.973 bits per heavy atom. The topological polar surface area (TPSA) is 0 Å². The van der Waals surface area contributed by atoms with Gasteiger partial charge in [-0.15, -0.1) is 0 Å². The lowest BCUT2D eigenvalue weighted by molar-refractivity contribution is 0.554. The minimum absolute atomic E-state index is 0.0659. The molecule has 0 unspecified atom stereocenters. The summed E-state index contributed by atoms with van der Waals surface area (Å²) in [6.45, 7) is 29.1. The molecule has 0 nitrogen and oxygen atoms in total. The minimum atomic E-state index is -1.68. The van der Waals surface area contributed by atoms with E-state index in [1.165, 1.54) is 35.5 Å². The SMILES string of the molecule is CC(C)(C)c1cc(C(C)(C)C)c(P=C(P(c2ccccc2)c2ccccc2)[Si](C)(C)C)c(C(C)(C)C)c1. The first-order valence-corrected chi connectivity index (χ1v) is 19.3. The summed E-state index contributed by atoms with van der Waals surface area (Å²) in [5.74, 6) is 0. The molecule has 0 radical (unpaired) electrons. The maximum Gasteiger partial charge on any atom is 0.0849 e. The largest absolute Gasteiger partial charge is 0.0849 e. The highest BCUT2D eigenvalue weighted by Gasteiger charge is 2.33. The maximum atomic E-state index is 2.55. The van der Waals surface area contributed by atoms with Crippen molar-refractivity contribution in [3.63, 3.8) is 0 Å². The molecule has 0 aliphatic heterocycles. The van der Waals surface area contributed by atoms with Gasteiger partial charge in [-0.25, -0.2) is 0 Å². The molecule has 0 heterocycles. The number of rotatable bonds is 5. The van der Waals surface area contributed by atoms with E-state index in [9.17, 15) is 0 Å². The average Bonchev–Trinajstić information content (AvgIpc) is 2.77. The van der Waals surface area contributed by atoms with Crippen LogP contribution in [0.4, 0.5) is 0 Å². The average molecular weight is 547 g/mol. The lowest BCUT2D eigenvalue weighted by Crippen LogP contribution is -2.37. The first-order valence-electron chi connectivity index (χ1n) is 13.6. The van der Waals surface area contributed by atoms with Crippen molar-refractivity contribution in [3.8, 4) is 0 Å². The van der Waals surface area contributed by atoms with Crippen LogP contribution in [0.2, 0.25) is 19.6 Å². The molecule has 198 valence electrons. The Kier molecular flexibility index (Phi) is 8.86. The first-order chi connectivity index (χ1) is 16.9. The van der Waals surface area contributed by atoms with Gasteiger partial charge in [-0.1, -0.05) is 163 Å². The highest BCUT2D eigenvalue weighted by atomic mass is 31.1. The van der Waals surface area contributed by atoms with E-state index in [1.807, 2.05) is 0 Å². The molecule has 0 amide bonds. The Hall–Kier alpha value is -1.52. The van der Waals surface area contributed by atoms with Gasteiger partial charge in [0.25, 0.3) is 0 Å². The summed E-state index contributed by atoms with van der Waals surface area (Å²) in [4.78, 5) is 0. The third-order valence-corrected chi connectivity index (χ3v) is 17.0. The molecule has 3 aromatic rings. The van der Waals surface area contributed by atoms with E-state index in [4.69, 9.17) is 0 Å². The Balaban J connectivity index is 2.48. The van der Waals surface area contributed by atoms with Crippen molar-refractivity contribution in [2.75, 3.05) is 0 Å². The number of hydrogen-bond acceptors (Lipinski definition) is 0. The molecule has 0 saturated heterocycles. The molecular formula is C34H48P2Si. The van der Waals surface area contributed by atoms with Gasteiger partial charge in [0.05, 0.1) is 8.07 Å². The predicted octanol–water partition coefficient (Wildman–Crippen LogP) is 9.29. The summed E-state index contributed by atoms with van der Waals surface area (Å²) in [5, 5.41) is 4.48. The molecule has 0 N–H and O–H groups in total. The summed E-state index contributed by atoms with van der Waals surface area (Å²) >= 11 is 0. The molecule has 0 aromatic heterocycles. The third-order valence-electron chi connectivity index (χ3n) is 6.72. The van der Waals surface area contributed by atoms with Crippen LogP contribution in [0.1, 0.15) is 79.0 Å². The van der Waals surface area contributed by atoms with E-state index >= 15 is 0 Å². The van der Waals surface area contributed by atoms with Crippen LogP contribution in [0.3, 0.4) is 0 Å². The zero-order valence-corrected chi connectivity index (χ0v) is 28.1.